The van der Waals surface area contributed by atoms with Gasteiger partial charge in [-0.15, -0.1) is 0 Å². The van der Waals surface area contributed by atoms with Gasteiger partial charge in [-0.25, -0.2) is 4.98 Å². The number of fused-ring (bicyclic) bond motifs is 3. The Morgan fingerprint density at radius 3 is 2.51 bits per heavy atom. The molecule has 0 atom stereocenters. The Morgan fingerprint density at radius 1 is 0.930 bits per heavy atom. The van der Waals surface area contributed by atoms with Crippen LogP contribution in [0.4, 0.5) is 5.69 Å². The maximum atomic E-state index is 13.6. The number of nitrogens with one attached hydrogen (secondary N) is 1. The van der Waals surface area contributed by atoms with Crippen molar-refractivity contribution >= 4 is 34.3 Å². The highest BCUT2D eigenvalue weighted by Gasteiger charge is 2.20. The number of hydrogen-bond donors (Lipinski definition) is 1. The van der Waals surface area contributed by atoms with E-state index in [9.17, 15) is 19.7 Å². The highest BCUT2D eigenvalue weighted by Crippen LogP contribution is 2.35. The van der Waals surface area contributed by atoms with Crippen molar-refractivity contribution in [1.29, 1.82) is 0 Å². The summed E-state index contributed by atoms with van der Waals surface area (Å²) < 4.78 is 23.3. The number of hydrogen-bond acceptors (Lipinski definition) is 10. The lowest BCUT2D eigenvalue weighted by molar-refractivity contribution is -0.384. The maximum absolute atomic E-state index is 13.6. The van der Waals surface area contributed by atoms with Gasteiger partial charge in [0.05, 0.1) is 15.8 Å². The number of aromatic nitrogens is 2. The molecule has 222 valence electrons. The summed E-state index contributed by atoms with van der Waals surface area (Å²) in [4.78, 5) is 41.6. The zero-order valence-electron chi connectivity index (χ0n) is 23.1. The van der Waals surface area contributed by atoms with Crippen molar-refractivity contribution in [3.8, 4) is 23.0 Å². The summed E-state index contributed by atoms with van der Waals surface area (Å²) in [6, 6.07) is 15.3. The standard InChI is InChI=1S/C30H28N4O8S/c35-28(31-15-19-8-9-24-25(12-19)40-17-39-24)7-2-1-3-10-33-29(36)22-13-26-27(42-18-41-26)14-23(22)32-30(33)43-16-20-5-4-6-21(11-20)34(37)38/h4-6,8-9,11-14H,1-3,7,10,15-18H2,(H,31,35). The lowest BCUT2D eigenvalue weighted by atomic mass is 10.1. The zero-order chi connectivity index (χ0) is 29.8. The number of nitro groups is 1. The molecular weight excluding hydrogens is 576 g/mol. The third-order valence-electron chi connectivity index (χ3n) is 7.12. The number of ether oxygens (including phenoxy) is 4. The number of non-ortho nitro benzene ring substituents is 1. The van der Waals surface area contributed by atoms with Crippen LogP contribution in [0.25, 0.3) is 10.9 Å². The zero-order valence-corrected chi connectivity index (χ0v) is 23.9. The van der Waals surface area contributed by atoms with E-state index in [4.69, 9.17) is 23.9 Å². The molecule has 13 heteroatoms. The van der Waals surface area contributed by atoms with Crippen molar-refractivity contribution in [2.45, 2.75) is 49.7 Å². The van der Waals surface area contributed by atoms with Crippen LogP contribution in [-0.4, -0.2) is 34.0 Å². The molecule has 4 aromatic rings. The predicted octanol–water partition coefficient (Wildman–Crippen LogP) is 4.93. The van der Waals surface area contributed by atoms with E-state index in [0.29, 0.717) is 77.2 Å². The Bertz CT molecular complexity index is 1760. The predicted molar refractivity (Wildman–Crippen MR) is 158 cm³/mol. The molecule has 6 rings (SSSR count). The lowest BCUT2D eigenvalue weighted by Gasteiger charge is -2.14. The summed E-state index contributed by atoms with van der Waals surface area (Å²) in [5.41, 5.74) is 1.98. The van der Waals surface area contributed by atoms with E-state index in [2.05, 4.69) is 5.32 Å². The van der Waals surface area contributed by atoms with Crippen LogP contribution in [0.3, 0.4) is 0 Å². The molecule has 0 unspecified atom stereocenters. The average Bonchev–Trinajstić information content (AvgIpc) is 3.68. The van der Waals surface area contributed by atoms with Gasteiger partial charge in [-0.1, -0.05) is 36.4 Å². The number of unbranched alkanes of at least 4 members (excludes halogenated alkanes) is 2. The number of thioether (sulfide) groups is 1. The van der Waals surface area contributed by atoms with Crippen LogP contribution >= 0.6 is 11.8 Å². The molecular formula is C30H28N4O8S. The van der Waals surface area contributed by atoms with Gasteiger partial charge in [0.25, 0.3) is 11.2 Å². The van der Waals surface area contributed by atoms with E-state index in [1.165, 1.54) is 23.9 Å². The highest BCUT2D eigenvalue weighted by atomic mass is 32.2. The van der Waals surface area contributed by atoms with Gasteiger partial charge in [-0.3, -0.25) is 24.3 Å². The number of benzene rings is 3. The summed E-state index contributed by atoms with van der Waals surface area (Å²) in [6.45, 7) is 1.10. The fourth-order valence-electron chi connectivity index (χ4n) is 4.88. The molecule has 0 fully saturated rings. The summed E-state index contributed by atoms with van der Waals surface area (Å²) in [5, 5.41) is 15.1. The van der Waals surface area contributed by atoms with E-state index in [-0.39, 0.29) is 30.7 Å². The largest absolute Gasteiger partial charge is 0.454 e. The first kappa shape index (κ1) is 28.3. The van der Waals surface area contributed by atoms with Crippen molar-refractivity contribution in [2.24, 2.45) is 0 Å². The van der Waals surface area contributed by atoms with Crippen LogP contribution in [0.1, 0.15) is 36.8 Å². The topological polar surface area (TPSA) is 144 Å². The molecule has 1 N–H and O–H groups in total. The first-order chi connectivity index (χ1) is 20.9. The van der Waals surface area contributed by atoms with E-state index >= 15 is 0 Å². The molecule has 12 nitrogen and oxygen atoms in total. The van der Waals surface area contributed by atoms with Gasteiger partial charge in [-0.05, 0) is 42.2 Å². The van der Waals surface area contributed by atoms with Gasteiger partial charge in [0.15, 0.2) is 28.2 Å². The number of rotatable bonds is 12. The highest BCUT2D eigenvalue weighted by molar-refractivity contribution is 7.98. The number of nitrogens with zero attached hydrogens (tertiary/aromatic N) is 3. The molecule has 2 aliphatic rings. The molecule has 1 amide bonds. The van der Waals surface area contributed by atoms with Crippen LogP contribution in [0.2, 0.25) is 0 Å². The fourth-order valence-corrected chi connectivity index (χ4v) is 5.85. The molecule has 3 heterocycles. The average molecular weight is 605 g/mol. The van der Waals surface area contributed by atoms with Crippen LogP contribution < -0.4 is 29.8 Å². The molecule has 2 aliphatic heterocycles. The normalized spacial score (nSPS) is 12.9. The number of nitro benzene ring substituents is 1. The second-order valence-corrected chi connectivity index (χ2v) is 11.0. The van der Waals surface area contributed by atoms with Gasteiger partial charge in [-0.2, -0.15) is 0 Å². The summed E-state index contributed by atoms with van der Waals surface area (Å²) in [7, 11) is 0. The molecule has 0 saturated carbocycles. The van der Waals surface area contributed by atoms with E-state index in [0.717, 1.165) is 17.5 Å². The Morgan fingerprint density at radius 2 is 1.70 bits per heavy atom. The molecule has 1 aromatic heterocycles. The summed E-state index contributed by atoms with van der Waals surface area (Å²) >= 11 is 1.34. The van der Waals surface area contributed by atoms with Crippen LogP contribution in [-0.2, 0) is 23.6 Å². The quantitative estimate of drug-likeness (QED) is 0.0777. The first-order valence-electron chi connectivity index (χ1n) is 13.8. The van der Waals surface area contributed by atoms with Crippen molar-refractivity contribution in [2.75, 3.05) is 13.6 Å². The summed E-state index contributed by atoms with van der Waals surface area (Å²) in [5.74, 6) is 2.76. The van der Waals surface area contributed by atoms with Crippen molar-refractivity contribution < 1.29 is 28.7 Å². The van der Waals surface area contributed by atoms with Gasteiger partial charge in [0.2, 0.25) is 19.5 Å². The van der Waals surface area contributed by atoms with E-state index in [1.807, 2.05) is 18.2 Å². The Kier molecular flexibility index (Phi) is 8.31. The number of carbonyl (C=O) groups is 1. The van der Waals surface area contributed by atoms with Crippen molar-refractivity contribution in [3.05, 3.63) is 86.2 Å². The van der Waals surface area contributed by atoms with Crippen molar-refractivity contribution in [1.82, 2.24) is 14.9 Å². The molecule has 3 aromatic carbocycles. The third-order valence-corrected chi connectivity index (χ3v) is 8.16. The van der Waals surface area contributed by atoms with E-state index < -0.39 is 4.92 Å². The minimum Gasteiger partial charge on any atom is -0.454 e. The number of amides is 1. The Labute approximate surface area is 250 Å². The van der Waals surface area contributed by atoms with Gasteiger partial charge >= 0.3 is 0 Å². The molecule has 0 bridgehead atoms. The number of carbonyl (C=O) groups excluding carboxylic acids is 1. The molecule has 0 radical (unpaired) electrons. The van der Waals surface area contributed by atoms with Crippen LogP contribution in [0.5, 0.6) is 23.0 Å². The monoisotopic (exact) mass is 604 g/mol. The Hall–Kier alpha value is -4.78. The SMILES string of the molecule is O=C(CCCCCn1c(SCc2cccc([N+](=O)[O-])c2)nc2cc3c(cc2c1=O)OCO3)NCc1ccc2c(c1)OCO2. The second-order valence-electron chi connectivity index (χ2n) is 10.1. The minimum atomic E-state index is -0.432. The van der Waals surface area contributed by atoms with Crippen LogP contribution in [0, 0.1) is 10.1 Å². The first-order valence-corrected chi connectivity index (χ1v) is 14.8. The lowest BCUT2D eigenvalue weighted by Crippen LogP contribution is -2.24. The third kappa shape index (κ3) is 6.51. The van der Waals surface area contributed by atoms with Gasteiger partial charge in [0.1, 0.15) is 0 Å². The van der Waals surface area contributed by atoms with Gasteiger partial charge in [0, 0.05) is 43.5 Å². The van der Waals surface area contributed by atoms with Crippen LogP contribution in [0.15, 0.2) is 64.5 Å². The Balaban J connectivity index is 1.09. The fraction of sp³-hybridized carbons (Fsp3) is 0.300. The summed E-state index contributed by atoms with van der Waals surface area (Å²) in [6.07, 6.45) is 2.43. The van der Waals surface area contributed by atoms with E-state index in [1.54, 1.807) is 28.8 Å². The molecule has 43 heavy (non-hydrogen) atoms. The molecule has 0 saturated heterocycles. The maximum Gasteiger partial charge on any atom is 0.269 e. The second kappa shape index (κ2) is 12.6. The molecule has 0 aliphatic carbocycles. The van der Waals surface area contributed by atoms with Gasteiger partial charge < -0.3 is 24.3 Å². The van der Waals surface area contributed by atoms with Crippen molar-refractivity contribution in [3.63, 3.8) is 0 Å². The smallest absolute Gasteiger partial charge is 0.269 e. The molecule has 0 spiro atoms. The minimum absolute atomic E-state index is 0.00889.